The molecule has 0 aliphatic heterocycles. The molecule has 0 aromatic heterocycles. The van der Waals surface area contributed by atoms with Crippen LogP contribution in [-0.4, -0.2) is 27.4 Å². The van der Waals surface area contributed by atoms with Crippen LogP contribution in [0.4, 0.5) is 0 Å². The van der Waals surface area contributed by atoms with Gasteiger partial charge in [-0.1, -0.05) is 42.5 Å². The van der Waals surface area contributed by atoms with E-state index in [1.807, 2.05) is 0 Å². The Kier molecular flexibility index (Phi) is 6.22. The number of ketones is 1. The molecular weight excluding hydrogens is 413 g/mol. The first-order chi connectivity index (χ1) is 13.8. The largest absolute Gasteiger partial charge is 0.360 e. The number of hydrogen-bond donors (Lipinski definition) is 1. The number of rotatable bonds is 8. The van der Waals surface area contributed by atoms with Crippen molar-refractivity contribution in [2.45, 2.75) is 24.0 Å². The smallest absolute Gasteiger partial charge is 0.307 e. The molecular formula is C20H22NO6PS. The van der Waals surface area contributed by atoms with E-state index >= 15 is 0 Å². The second kappa shape index (κ2) is 8.34. The molecule has 2 aromatic rings. The van der Waals surface area contributed by atoms with Crippen LogP contribution in [0.3, 0.4) is 0 Å². The highest BCUT2D eigenvalue weighted by atomic mass is 32.2. The van der Waals surface area contributed by atoms with Gasteiger partial charge in [0.05, 0.1) is 18.1 Å². The fraction of sp³-hybridized carbons (Fsp3) is 0.250. The minimum atomic E-state index is -4.14. The van der Waals surface area contributed by atoms with Crippen molar-refractivity contribution in [2.75, 3.05) is 13.2 Å². The third kappa shape index (κ3) is 3.86. The average Bonchev–Trinajstić information content (AvgIpc) is 2.71. The molecule has 3 rings (SSSR count). The Labute approximate surface area is 170 Å². The lowest BCUT2D eigenvalue weighted by Crippen LogP contribution is -2.47. The molecule has 1 unspecified atom stereocenters. The first-order valence-corrected chi connectivity index (χ1v) is 12.1. The van der Waals surface area contributed by atoms with Gasteiger partial charge in [-0.2, -0.15) is 4.72 Å². The summed E-state index contributed by atoms with van der Waals surface area (Å²) in [4.78, 5) is 12.4. The van der Waals surface area contributed by atoms with Crippen molar-refractivity contribution in [1.29, 1.82) is 0 Å². The van der Waals surface area contributed by atoms with Gasteiger partial charge in [-0.15, -0.1) is 0 Å². The summed E-state index contributed by atoms with van der Waals surface area (Å²) in [7, 11) is -8.27. The second-order valence-electron chi connectivity index (χ2n) is 6.26. The Hall–Kier alpha value is -2.09. The van der Waals surface area contributed by atoms with Crippen molar-refractivity contribution >= 4 is 23.4 Å². The van der Waals surface area contributed by atoms with Gasteiger partial charge in [-0.25, -0.2) is 8.42 Å². The molecule has 0 radical (unpaired) electrons. The van der Waals surface area contributed by atoms with Crippen LogP contribution >= 0.6 is 7.60 Å². The summed E-state index contributed by atoms with van der Waals surface area (Å²) in [6.07, 6.45) is 2.46. The van der Waals surface area contributed by atoms with E-state index in [9.17, 15) is 17.8 Å². The van der Waals surface area contributed by atoms with Gasteiger partial charge < -0.3 is 9.05 Å². The van der Waals surface area contributed by atoms with E-state index in [0.717, 1.165) is 0 Å². The van der Waals surface area contributed by atoms with Crippen LogP contribution in [-0.2, 0) is 28.9 Å². The zero-order valence-corrected chi connectivity index (χ0v) is 17.8. The number of carbonyl (C=O) groups is 1. The van der Waals surface area contributed by atoms with Gasteiger partial charge in [-0.05, 0) is 38.1 Å². The summed E-state index contributed by atoms with van der Waals surface area (Å²) in [5, 5.41) is -1.89. The number of allylic oxidation sites excluding steroid dienone is 1. The predicted molar refractivity (Wildman–Crippen MR) is 109 cm³/mol. The van der Waals surface area contributed by atoms with Crippen molar-refractivity contribution in [3.63, 3.8) is 0 Å². The molecule has 1 N–H and O–H groups in total. The first kappa shape index (κ1) is 21.6. The normalized spacial score (nSPS) is 19.2. The van der Waals surface area contributed by atoms with E-state index in [-0.39, 0.29) is 35.0 Å². The molecule has 1 aliphatic rings. The molecule has 0 saturated heterocycles. The highest BCUT2D eigenvalue weighted by Gasteiger charge is 2.55. The number of sulfonamides is 1. The van der Waals surface area contributed by atoms with Gasteiger partial charge in [0, 0.05) is 11.1 Å². The van der Waals surface area contributed by atoms with Crippen molar-refractivity contribution < 1.29 is 26.8 Å². The van der Waals surface area contributed by atoms with Crippen LogP contribution in [0.2, 0.25) is 0 Å². The lowest BCUT2D eigenvalue weighted by Gasteiger charge is -2.39. The molecule has 0 fully saturated rings. The quantitative estimate of drug-likeness (QED) is 0.633. The standard InChI is InChI=1S/C20H22NO6PS/c1-3-26-28(23,27-4-2)20(21-29(24,25)16-10-6-5-7-11-16)15-14-19(22)17-12-8-9-13-18(17)20/h5-15,21H,3-4H2,1-2H3. The van der Waals surface area contributed by atoms with Crippen LogP contribution in [0.15, 0.2) is 71.6 Å². The van der Waals surface area contributed by atoms with Crippen LogP contribution in [0.25, 0.3) is 0 Å². The van der Waals surface area contributed by atoms with Crippen molar-refractivity contribution in [2.24, 2.45) is 0 Å². The van der Waals surface area contributed by atoms with Gasteiger partial charge in [0.15, 0.2) is 11.1 Å². The van der Waals surface area contributed by atoms with Gasteiger partial charge in [-0.3, -0.25) is 9.36 Å². The first-order valence-electron chi connectivity index (χ1n) is 9.11. The Bertz CT molecular complexity index is 1070. The molecule has 0 amide bonds. The number of carbonyl (C=O) groups excluding carboxylic acids is 1. The zero-order chi connectivity index (χ0) is 21.1. The predicted octanol–water partition coefficient (Wildman–Crippen LogP) is 3.84. The summed E-state index contributed by atoms with van der Waals surface area (Å²) < 4.78 is 53.9. The van der Waals surface area contributed by atoms with E-state index in [4.69, 9.17) is 9.05 Å². The third-order valence-corrected chi connectivity index (χ3v) is 8.65. The van der Waals surface area contributed by atoms with E-state index < -0.39 is 22.9 Å². The summed E-state index contributed by atoms with van der Waals surface area (Å²) in [5.74, 6) is -0.324. The zero-order valence-electron chi connectivity index (χ0n) is 16.1. The average molecular weight is 435 g/mol. The van der Waals surface area contributed by atoms with Crippen molar-refractivity contribution in [3.8, 4) is 0 Å². The van der Waals surface area contributed by atoms with Crippen molar-refractivity contribution in [3.05, 3.63) is 77.9 Å². The lowest BCUT2D eigenvalue weighted by atomic mass is 9.92. The molecule has 0 saturated carbocycles. The SMILES string of the molecule is CCOP(=O)(OCC)C1(NS(=O)(=O)c2ccccc2)C=CC(=O)c2ccccc21. The van der Waals surface area contributed by atoms with E-state index in [1.165, 1.54) is 24.3 Å². The number of hydrogen-bond acceptors (Lipinski definition) is 6. The summed E-state index contributed by atoms with van der Waals surface area (Å²) >= 11 is 0. The van der Waals surface area contributed by atoms with Crippen LogP contribution in [0.5, 0.6) is 0 Å². The Balaban J connectivity index is 2.28. The molecule has 2 aromatic carbocycles. The fourth-order valence-corrected chi connectivity index (χ4v) is 7.17. The Morgan fingerprint density at radius 2 is 1.55 bits per heavy atom. The number of benzene rings is 2. The maximum absolute atomic E-state index is 13.9. The topological polar surface area (TPSA) is 98.8 Å². The minimum absolute atomic E-state index is 0.0123. The molecule has 0 spiro atoms. The highest BCUT2D eigenvalue weighted by molar-refractivity contribution is 7.90. The van der Waals surface area contributed by atoms with E-state index in [0.29, 0.717) is 0 Å². The molecule has 7 nitrogen and oxygen atoms in total. The second-order valence-corrected chi connectivity index (χ2v) is 10.2. The fourth-order valence-electron chi connectivity index (χ4n) is 3.23. The molecule has 9 heteroatoms. The van der Waals surface area contributed by atoms with Gasteiger partial charge in [0.25, 0.3) is 0 Å². The Morgan fingerprint density at radius 3 is 2.17 bits per heavy atom. The number of nitrogens with one attached hydrogen (secondary N) is 1. The molecule has 0 heterocycles. The molecule has 0 bridgehead atoms. The summed E-state index contributed by atoms with van der Waals surface area (Å²) in [5.41, 5.74) is 0.447. The van der Waals surface area contributed by atoms with Crippen LogP contribution in [0.1, 0.15) is 29.8 Å². The van der Waals surface area contributed by atoms with E-state index in [1.54, 1.807) is 56.3 Å². The lowest BCUT2D eigenvalue weighted by molar-refractivity contribution is 0.104. The van der Waals surface area contributed by atoms with E-state index in [2.05, 4.69) is 4.72 Å². The third-order valence-electron chi connectivity index (χ3n) is 4.45. The van der Waals surface area contributed by atoms with Gasteiger partial charge in [0.1, 0.15) is 0 Å². The molecule has 29 heavy (non-hydrogen) atoms. The Morgan fingerprint density at radius 1 is 0.966 bits per heavy atom. The monoisotopic (exact) mass is 435 g/mol. The van der Waals surface area contributed by atoms with Crippen LogP contribution in [0, 0.1) is 0 Å². The molecule has 154 valence electrons. The summed E-state index contributed by atoms with van der Waals surface area (Å²) in [6, 6.07) is 14.1. The maximum atomic E-state index is 13.9. The van der Waals surface area contributed by atoms with Crippen LogP contribution < -0.4 is 4.72 Å². The highest BCUT2D eigenvalue weighted by Crippen LogP contribution is 2.65. The molecule has 1 atom stereocenters. The summed E-state index contributed by atoms with van der Waals surface area (Å²) in [6.45, 7) is 3.31. The van der Waals surface area contributed by atoms with Gasteiger partial charge in [0.2, 0.25) is 10.0 Å². The molecule has 1 aliphatic carbocycles. The minimum Gasteiger partial charge on any atom is -0.307 e. The van der Waals surface area contributed by atoms with Gasteiger partial charge >= 0.3 is 7.60 Å². The van der Waals surface area contributed by atoms with Crippen molar-refractivity contribution in [1.82, 2.24) is 4.72 Å². The number of fused-ring (bicyclic) bond motifs is 1. The maximum Gasteiger partial charge on any atom is 0.360 e.